The maximum absolute atomic E-state index is 14.2. The molecule has 0 aliphatic carbocycles. The fourth-order valence-corrected chi connectivity index (χ4v) is 4.88. The van der Waals surface area contributed by atoms with E-state index in [9.17, 15) is 18.7 Å². The first-order valence-corrected chi connectivity index (χ1v) is 13.3. The number of aromatic nitrogens is 5. The maximum Gasteiger partial charge on any atom is 0.410 e. The summed E-state index contributed by atoms with van der Waals surface area (Å²) in [6.07, 6.45) is -2.02. The Hall–Kier alpha value is -3.81. The highest BCUT2D eigenvalue weighted by atomic mass is 19.3. The van der Waals surface area contributed by atoms with Crippen molar-refractivity contribution in [2.45, 2.75) is 51.7 Å². The molecule has 216 valence electrons. The number of halogens is 2. The number of para-hydroxylation sites is 1. The summed E-state index contributed by atoms with van der Waals surface area (Å²) in [6, 6.07) is 4.51. The van der Waals surface area contributed by atoms with Crippen LogP contribution in [0.4, 0.5) is 25.5 Å². The molecule has 0 radical (unpaired) electrons. The quantitative estimate of drug-likeness (QED) is 0.496. The van der Waals surface area contributed by atoms with E-state index in [-0.39, 0.29) is 34.9 Å². The highest BCUT2D eigenvalue weighted by Crippen LogP contribution is 2.32. The molecule has 0 bridgehead atoms. The number of carbonyl (C=O) groups excluding carboxylic acids is 1. The minimum absolute atomic E-state index is 0.0112. The Morgan fingerprint density at radius 1 is 1.02 bits per heavy atom. The van der Waals surface area contributed by atoms with Crippen LogP contribution in [0, 0.1) is 0 Å². The third-order valence-corrected chi connectivity index (χ3v) is 6.96. The number of rotatable bonds is 5. The molecule has 2 saturated heterocycles. The minimum Gasteiger partial charge on any atom is -0.506 e. The highest BCUT2D eigenvalue weighted by molar-refractivity contribution is 5.83. The largest absolute Gasteiger partial charge is 0.506 e. The average molecular weight is 561 g/mol. The molecular weight excluding hydrogens is 526 g/mol. The number of fused-ring (bicyclic) bond motifs is 1. The van der Waals surface area contributed by atoms with E-state index < -0.39 is 17.9 Å². The van der Waals surface area contributed by atoms with Gasteiger partial charge in [-0.15, -0.1) is 0 Å². The number of aromatic hydroxyl groups is 1. The Kier molecular flexibility index (Phi) is 7.62. The molecule has 1 aromatic carbocycles. The van der Waals surface area contributed by atoms with E-state index in [4.69, 9.17) is 14.5 Å². The zero-order chi connectivity index (χ0) is 28.6. The molecule has 0 spiro atoms. The second kappa shape index (κ2) is 11.0. The van der Waals surface area contributed by atoms with Gasteiger partial charge in [0.15, 0.2) is 5.82 Å². The molecule has 2 aromatic heterocycles. The number of imidazole rings is 1. The number of nitrogens with zero attached hydrogens (tertiary/aromatic N) is 8. The summed E-state index contributed by atoms with van der Waals surface area (Å²) in [7, 11) is 1.73. The standard InChI is InChI=1S/C26H34F2N8O4/c1-26(2,3)40-25(38)33(4)16-8-10-34(11-9-16)22-30-23(35-12-14-39-15-13-35)32-24(31-22)36-17-6-5-7-18(37)19(17)29-21(36)20(27)28/h5-7,16,20,37H,8-15H2,1-4H3. The number of anilines is 2. The predicted molar refractivity (Wildman–Crippen MR) is 143 cm³/mol. The van der Waals surface area contributed by atoms with Crippen molar-refractivity contribution in [3.8, 4) is 11.7 Å². The molecule has 0 unspecified atom stereocenters. The third-order valence-electron chi connectivity index (χ3n) is 6.96. The zero-order valence-electron chi connectivity index (χ0n) is 23.0. The molecule has 5 rings (SSSR count). The summed E-state index contributed by atoms with van der Waals surface area (Å²) in [5.74, 6) is -0.107. The second-order valence-electron chi connectivity index (χ2n) is 10.9. The van der Waals surface area contributed by atoms with Gasteiger partial charge in [-0.25, -0.2) is 18.6 Å². The topological polar surface area (TPSA) is 122 Å². The molecule has 0 saturated carbocycles. The molecule has 40 heavy (non-hydrogen) atoms. The van der Waals surface area contributed by atoms with E-state index in [0.29, 0.717) is 64.1 Å². The van der Waals surface area contributed by atoms with E-state index in [1.54, 1.807) is 24.1 Å². The molecule has 12 nitrogen and oxygen atoms in total. The van der Waals surface area contributed by atoms with Crippen LogP contribution in [0.5, 0.6) is 5.75 Å². The Morgan fingerprint density at radius 2 is 1.62 bits per heavy atom. The van der Waals surface area contributed by atoms with Crippen molar-refractivity contribution in [2.75, 3.05) is 56.2 Å². The summed E-state index contributed by atoms with van der Waals surface area (Å²) >= 11 is 0. The fourth-order valence-electron chi connectivity index (χ4n) is 4.88. The maximum atomic E-state index is 14.2. The van der Waals surface area contributed by atoms with Crippen LogP contribution < -0.4 is 9.80 Å². The van der Waals surface area contributed by atoms with Crippen LogP contribution in [-0.2, 0) is 9.47 Å². The molecule has 0 atom stereocenters. The van der Waals surface area contributed by atoms with Crippen LogP contribution in [0.3, 0.4) is 0 Å². The summed E-state index contributed by atoms with van der Waals surface area (Å²) in [4.78, 5) is 36.0. The van der Waals surface area contributed by atoms with Gasteiger partial charge in [-0.1, -0.05) is 6.07 Å². The number of phenolic OH excluding ortho intramolecular Hbond substituents is 1. The molecule has 3 aromatic rings. The minimum atomic E-state index is -2.93. The van der Waals surface area contributed by atoms with Crippen LogP contribution in [0.15, 0.2) is 18.2 Å². The number of benzene rings is 1. The van der Waals surface area contributed by atoms with Crippen LogP contribution in [0.1, 0.15) is 45.9 Å². The van der Waals surface area contributed by atoms with Gasteiger partial charge in [-0.3, -0.25) is 4.57 Å². The second-order valence-corrected chi connectivity index (χ2v) is 10.9. The Morgan fingerprint density at radius 3 is 2.23 bits per heavy atom. The fraction of sp³-hybridized carbons (Fsp3) is 0.577. The lowest BCUT2D eigenvalue weighted by Crippen LogP contribution is -2.47. The molecule has 1 N–H and O–H groups in total. The number of amides is 1. The Bertz CT molecular complexity index is 1360. The summed E-state index contributed by atoms with van der Waals surface area (Å²) in [5.41, 5.74) is -0.286. The van der Waals surface area contributed by atoms with E-state index in [1.807, 2.05) is 30.6 Å². The van der Waals surface area contributed by atoms with Crippen molar-refractivity contribution >= 4 is 29.0 Å². The summed E-state index contributed by atoms with van der Waals surface area (Å²) < 4.78 is 40.5. The predicted octanol–water partition coefficient (Wildman–Crippen LogP) is 3.53. The number of carbonyl (C=O) groups is 1. The average Bonchev–Trinajstić information content (AvgIpc) is 3.33. The number of hydrogen-bond donors (Lipinski definition) is 1. The van der Waals surface area contributed by atoms with Gasteiger partial charge in [0.1, 0.15) is 16.9 Å². The van der Waals surface area contributed by atoms with Gasteiger partial charge in [0, 0.05) is 39.3 Å². The lowest BCUT2D eigenvalue weighted by atomic mass is 10.0. The van der Waals surface area contributed by atoms with E-state index >= 15 is 0 Å². The van der Waals surface area contributed by atoms with Gasteiger partial charge in [-0.05, 0) is 45.7 Å². The van der Waals surface area contributed by atoms with Crippen LogP contribution in [0.2, 0.25) is 0 Å². The normalized spacial score (nSPS) is 17.1. The van der Waals surface area contributed by atoms with Crippen LogP contribution in [-0.4, -0.2) is 98.7 Å². The van der Waals surface area contributed by atoms with Gasteiger partial charge < -0.3 is 29.3 Å². The lowest BCUT2D eigenvalue weighted by Gasteiger charge is -2.37. The number of alkyl halides is 2. The van der Waals surface area contributed by atoms with Crippen molar-refractivity contribution < 1.29 is 28.2 Å². The number of piperidine rings is 1. The molecule has 4 heterocycles. The first-order valence-electron chi connectivity index (χ1n) is 13.3. The number of morpholine rings is 1. The van der Waals surface area contributed by atoms with Gasteiger partial charge in [-0.2, -0.15) is 15.0 Å². The molecule has 2 aliphatic heterocycles. The molecule has 14 heteroatoms. The van der Waals surface area contributed by atoms with Gasteiger partial charge in [0.2, 0.25) is 17.8 Å². The Labute approximate surface area is 230 Å². The number of phenols is 1. The van der Waals surface area contributed by atoms with Crippen molar-refractivity contribution in [1.29, 1.82) is 0 Å². The van der Waals surface area contributed by atoms with Crippen molar-refractivity contribution in [2.24, 2.45) is 0 Å². The molecule has 1 amide bonds. The smallest absolute Gasteiger partial charge is 0.410 e. The lowest BCUT2D eigenvalue weighted by molar-refractivity contribution is 0.0200. The third kappa shape index (κ3) is 5.71. The number of ether oxygens (including phenoxy) is 2. The summed E-state index contributed by atoms with van der Waals surface area (Å²) in [6.45, 7) is 8.62. The van der Waals surface area contributed by atoms with Crippen LogP contribution >= 0.6 is 0 Å². The molecule has 2 aliphatic rings. The van der Waals surface area contributed by atoms with Crippen LogP contribution in [0.25, 0.3) is 17.0 Å². The Balaban J connectivity index is 1.48. The molecule has 2 fully saturated rings. The van der Waals surface area contributed by atoms with E-state index in [2.05, 4.69) is 15.0 Å². The molecular formula is C26H34F2N8O4. The van der Waals surface area contributed by atoms with Crippen molar-refractivity contribution in [3.05, 3.63) is 24.0 Å². The number of hydrogen-bond acceptors (Lipinski definition) is 10. The van der Waals surface area contributed by atoms with Gasteiger partial charge >= 0.3 is 6.09 Å². The zero-order valence-corrected chi connectivity index (χ0v) is 23.0. The first kappa shape index (κ1) is 27.7. The summed E-state index contributed by atoms with van der Waals surface area (Å²) in [5, 5.41) is 10.3. The van der Waals surface area contributed by atoms with Gasteiger partial charge in [0.25, 0.3) is 6.43 Å². The highest BCUT2D eigenvalue weighted by Gasteiger charge is 2.31. The van der Waals surface area contributed by atoms with E-state index in [0.717, 1.165) is 0 Å². The van der Waals surface area contributed by atoms with Gasteiger partial charge in [0.05, 0.1) is 18.7 Å². The van der Waals surface area contributed by atoms with Crippen molar-refractivity contribution in [3.63, 3.8) is 0 Å². The van der Waals surface area contributed by atoms with Crippen molar-refractivity contribution in [1.82, 2.24) is 29.4 Å². The first-order chi connectivity index (χ1) is 19.0. The SMILES string of the molecule is CN(C(=O)OC(C)(C)C)C1CCN(c2nc(N3CCOCC3)nc(-n3c(C(F)F)nc4c(O)cccc43)n2)CC1. The van der Waals surface area contributed by atoms with E-state index in [1.165, 1.54) is 10.6 Å². The monoisotopic (exact) mass is 560 g/mol.